The number of amides is 2. The maximum absolute atomic E-state index is 13.3. The summed E-state index contributed by atoms with van der Waals surface area (Å²) in [5, 5.41) is 10.6. The third-order valence-corrected chi connectivity index (χ3v) is 11.1. The van der Waals surface area contributed by atoms with Crippen LogP contribution in [0.1, 0.15) is 55.4 Å². The number of likely N-dealkylation sites (tertiary alicyclic amines) is 2. The fourth-order valence-electron chi connectivity index (χ4n) is 7.51. The maximum Gasteiger partial charge on any atom is 0.415 e. The number of aromatic nitrogens is 1. The minimum Gasteiger partial charge on any atom is -0.382 e. The Kier molecular flexibility index (Phi) is 7.23. The molecule has 2 saturated heterocycles. The van der Waals surface area contributed by atoms with E-state index < -0.39 is 18.8 Å². The molecule has 1 N–H and O–H groups in total. The smallest absolute Gasteiger partial charge is 0.382 e. The predicted octanol–water partition coefficient (Wildman–Crippen LogP) is 5.94. The van der Waals surface area contributed by atoms with Crippen LogP contribution >= 0.6 is 22.9 Å². The van der Waals surface area contributed by atoms with Crippen LogP contribution in [-0.4, -0.2) is 75.2 Å². The van der Waals surface area contributed by atoms with Gasteiger partial charge in [0.15, 0.2) is 6.10 Å². The largest absolute Gasteiger partial charge is 0.415 e. The van der Waals surface area contributed by atoms with Gasteiger partial charge in [0.25, 0.3) is 0 Å². The molecular weight excluding hydrogens is 601 g/mol. The molecule has 5 heterocycles. The summed E-state index contributed by atoms with van der Waals surface area (Å²) in [7, 11) is 0. The van der Waals surface area contributed by atoms with E-state index in [9.17, 15) is 27.9 Å². The van der Waals surface area contributed by atoms with Crippen molar-refractivity contribution in [3.8, 4) is 11.1 Å². The molecule has 0 unspecified atom stereocenters. The minimum atomic E-state index is -4.65. The van der Waals surface area contributed by atoms with Crippen molar-refractivity contribution in [3.63, 3.8) is 0 Å². The van der Waals surface area contributed by atoms with Crippen molar-refractivity contribution in [1.29, 1.82) is 0 Å². The number of aliphatic hydroxyl groups is 1. The van der Waals surface area contributed by atoms with E-state index in [4.69, 9.17) is 11.6 Å². The Bertz CT molecular complexity index is 1590. The average Bonchev–Trinajstić information content (AvgIpc) is 3.63. The molecule has 12 heteroatoms. The fourth-order valence-corrected chi connectivity index (χ4v) is 8.89. The van der Waals surface area contributed by atoms with Crippen LogP contribution in [0, 0.1) is 0 Å². The summed E-state index contributed by atoms with van der Waals surface area (Å²) in [6, 6.07) is 7.84. The fraction of sp³-hybridized carbons (Fsp3) is 0.516. The molecule has 0 bridgehead atoms. The molecule has 2 amide bonds. The third kappa shape index (κ3) is 5.11. The van der Waals surface area contributed by atoms with Gasteiger partial charge in [-0.1, -0.05) is 11.6 Å². The quantitative estimate of drug-likeness (QED) is 0.339. The molecule has 1 spiro atoms. The number of nitrogens with zero attached hydrogens (tertiary/aromatic N) is 4. The summed E-state index contributed by atoms with van der Waals surface area (Å²) in [5.74, 6) is -0.319. The molecule has 1 saturated carbocycles. The zero-order chi connectivity index (χ0) is 30.1. The van der Waals surface area contributed by atoms with Crippen molar-refractivity contribution in [1.82, 2.24) is 14.8 Å². The number of pyridine rings is 1. The number of carbonyl (C=O) groups excluding carboxylic acids is 2. The minimum absolute atomic E-state index is 0.00289. The second-order valence-corrected chi connectivity index (χ2v) is 13.9. The summed E-state index contributed by atoms with van der Waals surface area (Å²) in [6.45, 7) is 1.06. The Balaban J connectivity index is 1.25. The standard InChI is InChI=1S/C31H32ClF3N4O3S/c32-19-11-18-3-1-10-38(20-14-30(7-2-8-30)37(15-20)17-25(40)31(33,34)35)28(18)23(12-19)22-6-9-36-24-13-21(43-29(22)24)16-39-26(41)4-5-27(39)42/h6,9,11-13,20,25,40H,1-5,7-8,10,14-17H2/t20-,25-/m0/s1. The van der Waals surface area contributed by atoms with Gasteiger partial charge < -0.3 is 10.0 Å². The number of anilines is 1. The van der Waals surface area contributed by atoms with Crippen LogP contribution < -0.4 is 4.90 Å². The van der Waals surface area contributed by atoms with Crippen LogP contribution in [0.4, 0.5) is 18.9 Å². The van der Waals surface area contributed by atoms with Crippen molar-refractivity contribution in [2.45, 2.75) is 81.8 Å². The van der Waals surface area contributed by atoms with Crippen LogP contribution in [0.2, 0.25) is 5.02 Å². The van der Waals surface area contributed by atoms with E-state index in [0.29, 0.717) is 11.6 Å². The number of rotatable bonds is 6. The molecule has 7 nitrogen and oxygen atoms in total. The molecule has 3 fully saturated rings. The number of alkyl halides is 3. The van der Waals surface area contributed by atoms with Gasteiger partial charge in [0.2, 0.25) is 11.8 Å². The number of carbonyl (C=O) groups is 2. The lowest BCUT2D eigenvalue weighted by atomic mass is 9.74. The number of hydrogen-bond acceptors (Lipinski definition) is 7. The van der Waals surface area contributed by atoms with E-state index in [1.54, 1.807) is 6.20 Å². The topological polar surface area (TPSA) is 77.0 Å². The lowest BCUT2D eigenvalue weighted by molar-refractivity contribution is -0.212. The summed E-state index contributed by atoms with van der Waals surface area (Å²) >= 11 is 8.19. The highest BCUT2D eigenvalue weighted by Crippen LogP contribution is 2.50. The first kappa shape index (κ1) is 29.0. The first-order valence-electron chi connectivity index (χ1n) is 14.8. The molecule has 43 heavy (non-hydrogen) atoms. The number of aryl methyl sites for hydroxylation is 1. The number of thiophene rings is 1. The Morgan fingerprint density at radius 1 is 1.09 bits per heavy atom. The Labute approximate surface area is 256 Å². The number of fused-ring (bicyclic) bond motifs is 2. The second kappa shape index (κ2) is 10.7. The lowest BCUT2D eigenvalue weighted by Gasteiger charge is -2.46. The van der Waals surface area contributed by atoms with Crippen molar-refractivity contribution >= 4 is 50.7 Å². The van der Waals surface area contributed by atoms with Crippen molar-refractivity contribution in [3.05, 3.63) is 45.9 Å². The lowest BCUT2D eigenvalue weighted by Crippen LogP contribution is -2.53. The van der Waals surface area contributed by atoms with E-state index in [1.165, 1.54) is 16.2 Å². The number of benzene rings is 1. The van der Waals surface area contributed by atoms with Gasteiger partial charge in [0, 0.05) is 77.0 Å². The molecule has 228 valence electrons. The third-order valence-electron chi connectivity index (χ3n) is 9.72. The number of imide groups is 1. The summed E-state index contributed by atoms with van der Waals surface area (Å²) in [6.07, 6.45) is 0.395. The van der Waals surface area contributed by atoms with Crippen LogP contribution in [0.3, 0.4) is 0 Å². The summed E-state index contributed by atoms with van der Waals surface area (Å²) in [5.41, 5.74) is 4.53. The molecule has 2 aromatic heterocycles. The van der Waals surface area contributed by atoms with Gasteiger partial charge in [-0.05, 0) is 68.4 Å². The normalized spacial score (nSPS) is 23.0. The van der Waals surface area contributed by atoms with Gasteiger partial charge >= 0.3 is 6.18 Å². The number of β-amino-alcohol motifs (C(OH)–C–C–N with tert-alkyl or cyclic N) is 1. The van der Waals surface area contributed by atoms with Crippen LogP contribution in [0.5, 0.6) is 0 Å². The second-order valence-electron chi connectivity index (χ2n) is 12.3. The molecule has 4 aliphatic rings. The highest BCUT2D eigenvalue weighted by atomic mass is 35.5. The van der Waals surface area contributed by atoms with Gasteiger partial charge in [-0.3, -0.25) is 24.4 Å². The molecule has 2 atom stereocenters. The first-order chi connectivity index (χ1) is 20.5. The van der Waals surface area contributed by atoms with E-state index in [-0.39, 0.29) is 42.8 Å². The van der Waals surface area contributed by atoms with Crippen molar-refractivity contribution in [2.75, 3.05) is 24.5 Å². The highest BCUT2D eigenvalue weighted by Gasteiger charge is 2.53. The number of aliphatic hydroxyl groups excluding tert-OH is 1. The van der Waals surface area contributed by atoms with Crippen LogP contribution in [0.15, 0.2) is 30.5 Å². The van der Waals surface area contributed by atoms with Crippen LogP contribution in [0.25, 0.3) is 21.3 Å². The van der Waals surface area contributed by atoms with Gasteiger partial charge in [0.1, 0.15) is 0 Å². The van der Waals surface area contributed by atoms with E-state index in [0.717, 1.165) is 82.5 Å². The van der Waals surface area contributed by atoms with E-state index >= 15 is 0 Å². The molecule has 3 aliphatic heterocycles. The zero-order valence-corrected chi connectivity index (χ0v) is 25.1. The van der Waals surface area contributed by atoms with Crippen molar-refractivity contribution < 1.29 is 27.9 Å². The van der Waals surface area contributed by atoms with Crippen molar-refractivity contribution in [2.24, 2.45) is 0 Å². The highest BCUT2D eigenvalue weighted by molar-refractivity contribution is 7.19. The average molecular weight is 633 g/mol. The zero-order valence-electron chi connectivity index (χ0n) is 23.5. The SMILES string of the molecule is O=C1CCC(=O)N1Cc1cc2nccc(-c3cc(Cl)cc4c3N([C@@H]3CN(C[C@H](O)C(F)(F)F)C5(CCC5)C3)CCC4)c2s1. The Morgan fingerprint density at radius 2 is 1.86 bits per heavy atom. The molecular formula is C31H32ClF3N4O3S. The Hall–Kier alpha value is -2.73. The van der Waals surface area contributed by atoms with E-state index in [2.05, 4.69) is 9.88 Å². The molecule has 3 aromatic rings. The monoisotopic (exact) mass is 632 g/mol. The molecule has 0 radical (unpaired) electrons. The van der Waals surface area contributed by atoms with Gasteiger partial charge in [0.05, 0.1) is 16.8 Å². The molecule has 7 rings (SSSR count). The van der Waals surface area contributed by atoms with Gasteiger partial charge in [-0.15, -0.1) is 11.3 Å². The number of halogens is 4. The predicted molar refractivity (Wildman–Crippen MR) is 159 cm³/mol. The first-order valence-corrected chi connectivity index (χ1v) is 16.0. The number of hydrogen-bond donors (Lipinski definition) is 1. The summed E-state index contributed by atoms with van der Waals surface area (Å²) < 4.78 is 41.0. The van der Waals surface area contributed by atoms with E-state index in [1.807, 2.05) is 29.2 Å². The summed E-state index contributed by atoms with van der Waals surface area (Å²) in [4.78, 5) is 35.5. The van der Waals surface area contributed by atoms with Gasteiger partial charge in [-0.2, -0.15) is 13.2 Å². The molecule has 1 aliphatic carbocycles. The Morgan fingerprint density at radius 3 is 2.56 bits per heavy atom. The van der Waals surface area contributed by atoms with Crippen LogP contribution in [-0.2, 0) is 22.6 Å². The van der Waals surface area contributed by atoms with Gasteiger partial charge in [-0.25, -0.2) is 0 Å². The maximum atomic E-state index is 13.3. The molecule has 1 aromatic carbocycles.